The van der Waals surface area contributed by atoms with Crippen molar-refractivity contribution in [2.45, 2.75) is 24.3 Å². The number of hydrogen-bond acceptors (Lipinski definition) is 6. The van der Waals surface area contributed by atoms with E-state index in [1.54, 1.807) is 0 Å². The van der Waals surface area contributed by atoms with Gasteiger partial charge >= 0.3 is 0 Å². The summed E-state index contributed by atoms with van der Waals surface area (Å²) in [6, 6.07) is 2.86. The van der Waals surface area contributed by atoms with Crippen molar-refractivity contribution in [1.82, 2.24) is 14.5 Å². The highest BCUT2D eigenvalue weighted by Gasteiger charge is 2.33. The maximum atomic E-state index is 12.9. The van der Waals surface area contributed by atoms with Crippen LogP contribution >= 0.6 is 24.0 Å². The van der Waals surface area contributed by atoms with Crippen molar-refractivity contribution < 1.29 is 13.3 Å². The van der Waals surface area contributed by atoms with Crippen molar-refractivity contribution in [2.24, 2.45) is 0 Å². The van der Waals surface area contributed by atoms with Gasteiger partial charge in [0.15, 0.2) is 0 Å². The summed E-state index contributed by atoms with van der Waals surface area (Å²) in [5, 5.41) is 14.5. The summed E-state index contributed by atoms with van der Waals surface area (Å²) >= 11 is 6.01. The van der Waals surface area contributed by atoms with Gasteiger partial charge in [0.25, 0.3) is 5.69 Å². The van der Waals surface area contributed by atoms with Crippen LogP contribution < -0.4 is 5.32 Å². The summed E-state index contributed by atoms with van der Waals surface area (Å²) in [5.74, 6) is 0. The molecule has 2 fully saturated rings. The highest BCUT2D eigenvalue weighted by atomic mass is 35.5. The second-order valence-electron chi connectivity index (χ2n) is 6.39. The average Bonchev–Trinajstić information content (AvgIpc) is 3.11. The van der Waals surface area contributed by atoms with Crippen molar-refractivity contribution in [3.63, 3.8) is 0 Å². The lowest BCUT2D eigenvalue weighted by molar-refractivity contribution is -0.385. The Morgan fingerprint density at radius 1 is 1.27 bits per heavy atom. The molecule has 146 valence electrons. The molecule has 2 saturated heterocycles. The quantitative estimate of drug-likeness (QED) is 0.582. The molecular formula is C15H22Cl2N4O4S. The van der Waals surface area contributed by atoms with E-state index >= 15 is 0 Å². The smallest absolute Gasteiger partial charge is 0.275 e. The second-order valence-corrected chi connectivity index (χ2v) is 8.74. The molecule has 11 heteroatoms. The zero-order valence-electron chi connectivity index (χ0n) is 14.4. The summed E-state index contributed by atoms with van der Waals surface area (Å²) in [5.41, 5.74) is -0.00842. The van der Waals surface area contributed by atoms with E-state index in [0.29, 0.717) is 32.2 Å². The monoisotopic (exact) mass is 424 g/mol. The summed E-state index contributed by atoms with van der Waals surface area (Å²) < 4.78 is 27.1. The van der Waals surface area contributed by atoms with E-state index in [0.717, 1.165) is 25.6 Å². The number of sulfonamides is 1. The first-order valence-electron chi connectivity index (χ1n) is 8.20. The zero-order valence-corrected chi connectivity index (χ0v) is 16.7. The summed E-state index contributed by atoms with van der Waals surface area (Å²) in [4.78, 5) is 12.7. The van der Waals surface area contributed by atoms with Crippen LogP contribution in [0, 0.1) is 17.0 Å². The highest BCUT2D eigenvalue weighted by molar-refractivity contribution is 7.89. The van der Waals surface area contributed by atoms with E-state index < -0.39 is 14.9 Å². The minimum atomic E-state index is -3.80. The van der Waals surface area contributed by atoms with Crippen molar-refractivity contribution >= 4 is 39.7 Å². The molecular weight excluding hydrogens is 403 g/mol. The van der Waals surface area contributed by atoms with Gasteiger partial charge in [-0.15, -0.1) is 12.4 Å². The van der Waals surface area contributed by atoms with Gasteiger partial charge in [0.05, 0.1) is 14.8 Å². The molecule has 8 nitrogen and oxygen atoms in total. The number of nitro benzene ring substituents is 1. The van der Waals surface area contributed by atoms with Gasteiger partial charge in [-0.25, -0.2) is 8.42 Å². The number of hydrogen-bond donors (Lipinski definition) is 1. The second kappa shape index (κ2) is 8.37. The molecule has 0 saturated carbocycles. The molecule has 0 aromatic heterocycles. The van der Waals surface area contributed by atoms with Gasteiger partial charge in [-0.2, -0.15) is 4.31 Å². The highest BCUT2D eigenvalue weighted by Crippen LogP contribution is 2.31. The van der Waals surface area contributed by atoms with Gasteiger partial charge in [0.2, 0.25) is 10.0 Å². The lowest BCUT2D eigenvalue weighted by atomic mass is 10.2. The van der Waals surface area contributed by atoms with Gasteiger partial charge in [0, 0.05) is 50.4 Å². The topological polar surface area (TPSA) is 95.8 Å². The first-order valence-corrected chi connectivity index (χ1v) is 10.0. The van der Waals surface area contributed by atoms with E-state index in [1.165, 1.54) is 17.3 Å². The molecule has 26 heavy (non-hydrogen) atoms. The Bertz CT molecular complexity index is 776. The Balaban J connectivity index is 0.00000243. The van der Waals surface area contributed by atoms with E-state index in [2.05, 4.69) is 10.2 Å². The van der Waals surface area contributed by atoms with Gasteiger partial charge in [-0.3, -0.25) is 15.0 Å². The Morgan fingerprint density at radius 3 is 2.46 bits per heavy atom. The minimum Gasteiger partial charge on any atom is -0.315 e. The maximum absolute atomic E-state index is 12.9. The van der Waals surface area contributed by atoms with Crippen LogP contribution in [-0.4, -0.2) is 67.9 Å². The molecule has 0 radical (unpaired) electrons. The van der Waals surface area contributed by atoms with E-state index in [-0.39, 0.29) is 33.6 Å². The standard InChI is InChI=1S/C15H21ClN4O4S.ClH/c1-11-14(16)8-13(9-15(11)20(21)22)25(23,24)19-6-4-18(5-7-19)12-2-3-17-10-12;/h8-9,12,17H,2-7,10H2,1H3;1H. The first kappa shape index (κ1) is 21.3. The Morgan fingerprint density at radius 2 is 1.92 bits per heavy atom. The third-order valence-corrected chi connectivity index (χ3v) is 7.22. The van der Waals surface area contributed by atoms with Crippen LogP contribution in [0.2, 0.25) is 5.02 Å². The molecule has 1 unspecified atom stereocenters. The number of benzene rings is 1. The largest absolute Gasteiger partial charge is 0.315 e. The van der Waals surface area contributed by atoms with E-state index in [4.69, 9.17) is 11.6 Å². The van der Waals surface area contributed by atoms with Crippen LogP contribution in [0.3, 0.4) is 0 Å². The molecule has 1 aromatic carbocycles. The van der Waals surface area contributed by atoms with Gasteiger partial charge < -0.3 is 5.32 Å². The predicted octanol–water partition coefficient (Wildman–Crippen LogP) is 1.65. The number of nitro groups is 1. The normalized spacial score (nSPS) is 22.2. The third kappa shape index (κ3) is 4.13. The van der Waals surface area contributed by atoms with Crippen LogP contribution in [0.4, 0.5) is 5.69 Å². The average molecular weight is 425 g/mol. The van der Waals surface area contributed by atoms with Crippen LogP contribution in [-0.2, 0) is 10.0 Å². The van der Waals surface area contributed by atoms with Crippen molar-refractivity contribution in [3.8, 4) is 0 Å². The molecule has 3 rings (SSSR count). The van der Waals surface area contributed by atoms with E-state index in [1.807, 2.05) is 0 Å². The lowest BCUT2D eigenvalue weighted by Crippen LogP contribution is -2.52. The van der Waals surface area contributed by atoms with Gasteiger partial charge in [0.1, 0.15) is 0 Å². The molecule has 0 amide bonds. The van der Waals surface area contributed by atoms with Crippen LogP contribution in [0.25, 0.3) is 0 Å². The number of nitrogens with one attached hydrogen (secondary N) is 1. The lowest BCUT2D eigenvalue weighted by Gasteiger charge is -2.37. The molecule has 0 bridgehead atoms. The molecule has 0 aliphatic carbocycles. The summed E-state index contributed by atoms with van der Waals surface area (Å²) in [7, 11) is -3.80. The SMILES string of the molecule is Cc1c(Cl)cc(S(=O)(=O)N2CCN(C3CCNC3)CC2)cc1[N+](=O)[O-].Cl. The van der Waals surface area contributed by atoms with Crippen molar-refractivity contribution in [3.05, 3.63) is 32.8 Å². The Hall–Kier alpha value is -0.970. The summed E-state index contributed by atoms with van der Waals surface area (Å²) in [6.07, 6.45) is 1.08. The molecule has 1 aromatic rings. The number of halogens is 2. The fourth-order valence-corrected chi connectivity index (χ4v) is 5.14. The van der Waals surface area contributed by atoms with Gasteiger partial charge in [-0.1, -0.05) is 11.6 Å². The molecule has 2 heterocycles. The third-order valence-electron chi connectivity index (χ3n) is 4.95. The Kier molecular flexibility index (Phi) is 6.86. The molecule has 1 atom stereocenters. The van der Waals surface area contributed by atoms with Crippen molar-refractivity contribution in [1.29, 1.82) is 0 Å². The first-order chi connectivity index (χ1) is 11.8. The molecule has 0 spiro atoms. The fourth-order valence-electron chi connectivity index (χ4n) is 3.39. The van der Waals surface area contributed by atoms with Crippen LogP contribution in [0.1, 0.15) is 12.0 Å². The predicted molar refractivity (Wildman–Crippen MR) is 102 cm³/mol. The van der Waals surface area contributed by atoms with Crippen LogP contribution in [0.5, 0.6) is 0 Å². The van der Waals surface area contributed by atoms with Gasteiger partial charge in [-0.05, 0) is 26.0 Å². The zero-order chi connectivity index (χ0) is 18.2. The summed E-state index contributed by atoms with van der Waals surface area (Å²) in [6.45, 7) is 5.50. The Labute approximate surface area is 164 Å². The molecule has 2 aliphatic heterocycles. The molecule has 1 N–H and O–H groups in total. The number of piperazine rings is 1. The molecule has 2 aliphatic rings. The fraction of sp³-hybridized carbons (Fsp3) is 0.600. The van der Waals surface area contributed by atoms with E-state index in [9.17, 15) is 18.5 Å². The number of nitrogens with zero attached hydrogens (tertiary/aromatic N) is 3. The maximum Gasteiger partial charge on any atom is 0.275 e. The minimum absolute atomic E-state index is 0. The number of rotatable bonds is 4. The van der Waals surface area contributed by atoms with Crippen LogP contribution in [0.15, 0.2) is 17.0 Å². The van der Waals surface area contributed by atoms with Crippen molar-refractivity contribution in [2.75, 3.05) is 39.3 Å².